The maximum atomic E-state index is 12.5. The predicted molar refractivity (Wildman–Crippen MR) is 113 cm³/mol. The SMILES string of the molecule is COc1ccc(-c2nc3c(C(=O)NCCN(C)C)cccc3[nH]2)cc1.Cl.Cl. The van der Waals surface area contributed by atoms with Gasteiger partial charge in [0, 0.05) is 18.7 Å². The van der Waals surface area contributed by atoms with Crippen molar-refractivity contribution < 1.29 is 9.53 Å². The molecule has 0 bridgehead atoms. The summed E-state index contributed by atoms with van der Waals surface area (Å²) in [5.74, 6) is 1.41. The molecule has 146 valence electrons. The number of hydrogen-bond donors (Lipinski definition) is 2. The number of nitrogens with zero attached hydrogens (tertiary/aromatic N) is 2. The summed E-state index contributed by atoms with van der Waals surface area (Å²) < 4.78 is 5.18. The van der Waals surface area contributed by atoms with Gasteiger partial charge in [-0.2, -0.15) is 0 Å². The lowest BCUT2D eigenvalue weighted by atomic mass is 10.1. The average molecular weight is 411 g/mol. The number of rotatable bonds is 6. The van der Waals surface area contributed by atoms with Crippen molar-refractivity contribution in [3.63, 3.8) is 0 Å². The number of H-pyrrole nitrogens is 1. The third-order valence-electron chi connectivity index (χ3n) is 3.97. The molecule has 6 nitrogen and oxygen atoms in total. The first-order chi connectivity index (χ1) is 12.1. The van der Waals surface area contributed by atoms with Crippen LogP contribution >= 0.6 is 24.8 Å². The number of aromatic amines is 1. The summed E-state index contributed by atoms with van der Waals surface area (Å²) >= 11 is 0. The van der Waals surface area contributed by atoms with Gasteiger partial charge in [0.1, 0.15) is 17.1 Å². The number of ether oxygens (including phenoxy) is 1. The number of imidazole rings is 1. The van der Waals surface area contributed by atoms with Crippen molar-refractivity contribution in [3.8, 4) is 17.1 Å². The van der Waals surface area contributed by atoms with E-state index in [4.69, 9.17) is 4.74 Å². The molecule has 0 saturated carbocycles. The van der Waals surface area contributed by atoms with E-state index >= 15 is 0 Å². The predicted octanol–water partition coefficient (Wildman–Crippen LogP) is 3.37. The number of nitrogens with one attached hydrogen (secondary N) is 2. The number of benzene rings is 2. The maximum absolute atomic E-state index is 12.5. The lowest BCUT2D eigenvalue weighted by molar-refractivity contribution is 0.0952. The number of fused-ring (bicyclic) bond motifs is 1. The van der Waals surface area contributed by atoms with Crippen LogP contribution in [0.5, 0.6) is 5.75 Å². The van der Waals surface area contributed by atoms with Gasteiger partial charge in [-0.15, -0.1) is 24.8 Å². The smallest absolute Gasteiger partial charge is 0.253 e. The molecule has 0 atom stereocenters. The van der Waals surface area contributed by atoms with E-state index in [0.29, 0.717) is 17.6 Å². The molecule has 3 rings (SSSR count). The lowest BCUT2D eigenvalue weighted by Gasteiger charge is -2.10. The number of likely N-dealkylation sites (N-methyl/N-ethyl adjacent to an activating group) is 1. The standard InChI is InChI=1S/C19H22N4O2.2ClH/c1-23(2)12-11-20-19(24)15-5-4-6-16-17(15)22-18(21-16)13-7-9-14(25-3)10-8-13;;/h4-10H,11-12H2,1-3H3,(H,20,24)(H,21,22);2*1H. The highest BCUT2D eigenvalue weighted by atomic mass is 35.5. The molecule has 0 fully saturated rings. The minimum atomic E-state index is -0.111. The number of halogens is 2. The van der Waals surface area contributed by atoms with Gasteiger partial charge in [-0.1, -0.05) is 6.07 Å². The quantitative estimate of drug-likeness (QED) is 0.653. The van der Waals surface area contributed by atoms with Gasteiger partial charge in [-0.25, -0.2) is 4.98 Å². The molecule has 0 aliphatic carbocycles. The number of carbonyl (C=O) groups is 1. The summed E-state index contributed by atoms with van der Waals surface area (Å²) in [4.78, 5) is 22.4. The molecule has 1 heterocycles. The van der Waals surface area contributed by atoms with E-state index in [9.17, 15) is 4.79 Å². The Balaban J connectivity index is 0.00000182. The molecule has 27 heavy (non-hydrogen) atoms. The fourth-order valence-corrected chi connectivity index (χ4v) is 2.59. The van der Waals surface area contributed by atoms with Gasteiger partial charge in [0.05, 0.1) is 18.2 Å². The summed E-state index contributed by atoms with van der Waals surface area (Å²) in [6.45, 7) is 1.39. The molecule has 0 unspecified atom stereocenters. The Morgan fingerprint density at radius 2 is 1.85 bits per heavy atom. The van der Waals surface area contributed by atoms with Crippen molar-refractivity contribution in [1.29, 1.82) is 0 Å². The Morgan fingerprint density at radius 3 is 2.48 bits per heavy atom. The minimum Gasteiger partial charge on any atom is -0.497 e. The van der Waals surface area contributed by atoms with Crippen LogP contribution in [0.4, 0.5) is 0 Å². The van der Waals surface area contributed by atoms with E-state index in [1.807, 2.05) is 55.4 Å². The van der Waals surface area contributed by atoms with Crippen molar-refractivity contribution >= 4 is 41.8 Å². The van der Waals surface area contributed by atoms with E-state index < -0.39 is 0 Å². The molecule has 0 radical (unpaired) electrons. The Bertz CT molecular complexity index is 879. The Hall–Kier alpha value is -2.28. The Labute approximate surface area is 171 Å². The summed E-state index contributed by atoms with van der Waals surface area (Å²) in [5, 5.41) is 2.94. The second kappa shape index (κ2) is 10.2. The molecule has 8 heteroatoms. The molecule has 0 spiro atoms. The van der Waals surface area contributed by atoms with Crippen LogP contribution in [0.3, 0.4) is 0 Å². The Kier molecular flexibility index (Phi) is 8.56. The van der Waals surface area contributed by atoms with Gasteiger partial charge in [0.15, 0.2) is 0 Å². The minimum absolute atomic E-state index is 0. The number of aromatic nitrogens is 2. The van der Waals surface area contributed by atoms with Gasteiger partial charge in [-0.3, -0.25) is 4.79 Å². The highest BCUT2D eigenvalue weighted by molar-refractivity contribution is 6.05. The molecule has 0 saturated heterocycles. The van der Waals surface area contributed by atoms with Crippen molar-refractivity contribution in [2.45, 2.75) is 0 Å². The molecule has 2 aromatic carbocycles. The zero-order chi connectivity index (χ0) is 17.8. The van der Waals surface area contributed by atoms with Gasteiger partial charge in [-0.05, 0) is 50.5 Å². The first kappa shape index (κ1) is 22.8. The zero-order valence-electron chi connectivity index (χ0n) is 15.5. The number of methoxy groups -OCH3 is 1. The topological polar surface area (TPSA) is 70.2 Å². The van der Waals surface area contributed by atoms with Crippen LogP contribution in [-0.2, 0) is 0 Å². The first-order valence-electron chi connectivity index (χ1n) is 8.14. The van der Waals surface area contributed by atoms with Crippen molar-refractivity contribution in [2.24, 2.45) is 0 Å². The van der Waals surface area contributed by atoms with E-state index in [-0.39, 0.29) is 30.7 Å². The highest BCUT2D eigenvalue weighted by Gasteiger charge is 2.14. The van der Waals surface area contributed by atoms with Gasteiger partial charge in [0.2, 0.25) is 0 Å². The second-order valence-corrected chi connectivity index (χ2v) is 6.07. The summed E-state index contributed by atoms with van der Waals surface area (Å²) in [5.41, 5.74) is 3.03. The van der Waals surface area contributed by atoms with Crippen LogP contribution < -0.4 is 10.1 Å². The van der Waals surface area contributed by atoms with E-state index in [2.05, 4.69) is 15.3 Å². The molecular weight excluding hydrogens is 387 g/mol. The molecular formula is C19H24Cl2N4O2. The van der Waals surface area contributed by atoms with Crippen molar-refractivity contribution in [2.75, 3.05) is 34.3 Å². The molecule has 0 aliphatic heterocycles. The van der Waals surface area contributed by atoms with Crippen molar-refractivity contribution in [3.05, 3.63) is 48.0 Å². The molecule has 3 aromatic rings. The van der Waals surface area contributed by atoms with Crippen LogP contribution in [0.2, 0.25) is 0 Å². The second-order valence-electron chi connectivity index (χ2n) is 6.07. The molecule has 0 aliphatic rings. The fourth-order valence-electron chi connectivity index (χ4n) is 2.59. The highest BCUT2D eigenvalue weighted by Crippen LogP contribution is 2.24. The fraction of sp³-hybridized carbons (Fsp3) is 0.263. The van der Waals surface area contributed by atoms with Crippen molar-refractivity contribution in [1.82, 2.24) is 20.2 Å². The third kappa shape index (κ3) is 5.35. The summed E-state index contributed by atoms with van der Waals surface area (Å²) in [6, 6.07) is 13.2. The monoisotopic (exact) mass is 410 g/mol. The maximum Gasteiger partial charge on any atom is 0.253 e. The molecule has 1 aromatic heterocycles. The third-order valence-corrected chi connectivity index (χ3v) is 3.97. The summed E-state index contributed by atoms with van der Waals surface area (Å²) in [6.07, 6.45) is 0. The lowest BCUT2D eigenvalue weighted by Crippen LogP contribution is -2.31. The van der Waals surface area contributed by atoms with Crippen LogP contribution in [0.25, 0.3) is 22.4 Å². The van der Waals surface area contributed by atoms with Crippen LogP contribution in [0, 0.1) is 0 Å². The van der Waals surface area contributed by atoms with Gasteiger partial charge in [0.25, 0.3) is 5.91 Å². The average Bonchev–Trinajstić information content (AvgIpc) is 3.05. The van der Waals surface area contributed by atoms with E-state index in [1.165, 1.54) is 0 Å². The molecule has 2 N–H and O–H groups in total. The number of amides is 1. The number of para-hydroxylation sites is 1. The van der Waals surface area contributed by atoms with Crippen LogP contribution in [-0.4, -0.2) is 55.1 Å². The van der Waals surface area contributed by atoms with Crippen LogP contribution in [0.1, 0.15) is 10.4 Å². The number of hydrogen-bond acceptors (Lipinski definition) is 4. The molecule has 1 amide bonds. The Morgan fingerprint density at radius 1 is 1.15 bits per heavy atom. The summed E-state index contributed by atoms with van der Waals surface area (Å²) in [7, 11) is 5.58. The largest absolute Gasteiger partial charge is 0.497 e. The normalized spacial score (nSPS) is 10.2. The number of carbonyl (C=O) groups excluding carboxylic acids is 1. The van der Waals surface area contributed by atoms with Crippen LogP contribution in [0.15, 0.2) is 42.5 Å². The zero-order valence-corrected chi connectivity index (χ0v) is 17.1. The van der Waals surface area contributed by atoms with E-state index in [0.717, 1.165) is 29.2 Å². The van der Waals surface area contributed by atoms with Gasteiger partial charge < -0.3 is 19.9 Å². The first-order valence-corrected chi connectivity index (χ1v) is 8.14. The van der Waals surface area contributed by atoms with Gasteiger partial charge >= 0.3 is 0 Å². The van der Waals surface area contributed by atoms with E-state index in [1.54, 1.807) is 13.2 Å².